The lowest BCUT2D eigenvalue weighted by Gasteiger charge is -2.15. The second-order valence-corrected chi connectivity index (χ2v) is 6.69. The van der Waals surface area contributed by atoms with Gasteiger partial charge in [0.2, 0.25) is 15.9 Å². The fraction of sp³-hybridized carbons (Fsp3) is 0.250. The molecule has 1 rings (SSSR count). The highest BCUT2D eigenvalue weighted by Crippen LogP contribution is 2.26. The number of amides is 1. The maximum atomic E-state index is 12.1. The standard InChI is InChI=1S/C12H13BrN2O3S/c1-4-7-15(3)19(17,18)10-5-6-12(11(13)8-10)14-9(2)16/h1,5-6,8H,7H2,2-3H3,(H,14,16). The van der Waals surface area contributed by atoms with E-state index in [0.29, 0.717) is 10.2 Å². The lowest BCUT2D eigenvalue weighted by Crippen LogP contribution is -2.27. The molecule has 0 radical (unpaired) electrons. The summed E-state index contributed by atoms with van der Waals surface area (Å²) in [5, 5.41) is 2.58. The molecule has 1 N–H and O–H groups in total. The predicted octanol–water partition coefficient (Wildman–Crippen LogP) is 1.66. The second-order valence-electron chi connectivity index (χ2n) is 3.79. The Balaban J connectivity index is 3.14. The minimum atomic E-state index is -3.62. The van der Waals surface area contributed by atoms with Gasteiger partial charge in [0.1, 0.15) is 0 Å². The van der Waals surface area contributed by atoms with E-state index < -0.39 is 10.0 Å². The van der Waals surface area contributed by atoms with Crippen LogP contribution in [0.25, 0.3) is 0 Å². The molecule has 0 unspecified atom stereocenters. The second kappa shape index (κ2) is 6.19. The van der Waals surface area contributed by atoms with Crippen molar-refractivity contribution in [2.45, 2.75) is 11.8 Å². The molecule has 0 aliphatic rings. The van der Waals surface area contributed by atoms with Gasteiger partial charge in [-0.25, -0.2) is 8.42 Å². The Labute approximate surface area is 121 Å². The number of anilines is 1. The van der Waals surface area contributed by atoms with Gasteiger partial charge in [-0.05, 0) is 34.1 Å². The van der Waals surface area contributed by atoms with Gasteiger partial charge in [0.25, 0.3) is 0 Å². The Hall–Kier alpha value is -1.36. The highest BCUT2D eigenvalue weighted by Gasteiger charge is 2.20. The zero-order chi connectivity index (χ0) is 14.6. The van der Waals surface area contributed by atoms with E-state index in [2.05, 4.69) is 27.2 Å². The summed E-state index contributed by atoms with van der Waals surface area (Å²) in [7, 11) is -2.21. The number of carbonyl (C=O) groups excluding carboxylic acids is 1. The summed E-state index contributed by atoms with van der Waals surface area (Å²) in [4.78, 5) is 11.1. The average molecular weight is 345 g/mol. The molecule has 102 valence electrons. The summed E-state index contributed by atoms with van der Waals surface area (Å²) in [6.45, 7) is 1.37. The molecule has 0 aliphatic carbocycles. The quantitative estimate of drug-likeness (QED) is 0.844. The minimum Gasteiger partial charge on any atom is -0.325 e. The van der Waals surface area contributed by atoms with Crippen molar-refractivity contribution in [2.24, 2.45) is 0 Å². The van der Waals surface area contributed by atoms with Crippen LogP contribution in [0.4, 0.5) is 5.69 Å². The molecule has 0 fully saturated rings. The number of halogens is 1. The molecular weight excluding hydrogens is 332 g/mol. The molecule has 1 amide bonds. The van der Waals surface area contributed by atoms with E-state index in [1.54, 1.807) is 0 Å². The summed E-state index contributed by atoms with van der Waals surface area (Å²) in [6, 6.07) is 4.36. The Morgan fingerprint density at radius 3 is 2.63 bits per heavy atom. The Bertz CT molecular complexity index is 635. The number of hydrogen-bond acceptors (Lipinski definition) is 3. The van der Waals surface area contributed by atoms with Crippen molar-refractivity contribution >= 4 is 37.5 Å². The molecule has 0 spiro atoms. The van der Waals surface area contributed by atoms with Gasteiger partial charge in [-0.15, -0.1) is 6.42 Å². The fourth-order valence-corrected chi connectivity index (χ4v) is 3.08. The summed E-state index contributed by atoms with van der Waals surface area (Å²) in [5.74, 6) is 2.04. The first-order valence-corrected chi connectivity index (χ1v) is 7.49. The number of rotatable bonds is 4. The highest BCUT2D eigenvalue weighted by molar-refractivity contribution is 9.10. The third kappa shape index (κ3) is 3.80. The highest BCUT2D eigenvalue weighted by atomic mass is 79.9. The van der Waals surface area contributed by atoms with Crippen LogP contribution in [-0.4, -0.2) is 32.2 Å². The van der Waals surface area contributed by atoms with E-state index >= 15 is 0 Å². The van der Waals surface area contributed by atoms with Crippen LogP contribution < -0.4 is 5.32 Å². The zero-order valence-electron chi connectivity index (χ0n) is 10.5. The molecule has 0 atom stereocenters. The number of hydrogen-bond donors (Lipinski definition) is 1. The van der Waals surface area contributed by atoms with Gasteiger partial charge in [-0.3, -0.25) is 4.79 Å². The fourth-order valence-electron chi connectivity index (χ4n) is 1.34. The molecule has 0 aliphatic heterocycles. The summed E-state index contributed by atoms with van der Waals surface area (Å²) in [5.41, 5.74) is 0.506. The molecule has 1 aromatic rings. The van der Waals surface area contributed by atoms with E-state index in [4.69, 9.17) is 6.42 Å². The van der Waals surface area contributed by atoms with Crippen LogP contribution in [0.15, 0.2) is 27.6 Å². The molecule has 0 saturated carbocycles. The molecule has 0 aromatic heterocycles. The van der Waals surface area contributed by atoms with Gasteiger partial charge in [-0.2, -0.15) is 4.31 Å². The Morgan fingerprint density at radius 1 is 1.53 bits per heavy atom. The van der Waals surface area contributed by atoms with Crippen molar-refractivity contribution in [1.82, 2.24) is 4.31 Å². The SMILES string of the molecule is C#CCN(C)S(=O)(=O)c1ccc(NC(C)=O)c(Br)c1. The van der Waals surface area contributed by atoms with Gasteiger partial charge in [-0.1, -0.05) is 5.92 Å². The summed E-state index contributed by atoms with van der Waals surface area (Å²) >= 11 is 3.22. The van der Waals surface area contributed by atoms with Gasteiger partial charge in [0, 0.05) is 18.4 Å². The van der Waals surface area contributed by atoms with E-state index in [1.807, 2.05) is 0 Å². The van der Waals surface area contributed by atoms with Crippen LogP contribution in [0.2, 0.25) is 0 Å². The molecule has 0 saturated heterocycles. The van der Waals surface area contributed by atoms with E-state index in [-0.39, 0.29) is 17.3 Å². The van der Waals surface area contributed by atoms with Crippen molar-refractivity contribution in [1.29, 1.82) is 0 Å². The first-order chi connectivity index (χ1) is 8.78. The number of sulfonamides is 1. The van der Waals surface area contributed by atoms with E-state index in [0.717, 1.165) is 4.31 Å². The molecule has 19 heavy (non-hydrogen) atoms. The number of nitrogens with one attached hydrogen (secondary N) is 1. The van der Waals surface area contributed by atoms with Gasteiger partial charge < -0.3 is 5.32 Å². The van der Waals surface area contributed by atoms with Crippen LogP contribution in [-0.2, 0) is 14.8 Å². The number of carbonyl (C=O) groups is 1. The molecular formula is C12H13BrN2O3S. The molecule has 1 aromatic carbocycles. The first-order valence-electron chi connectivity index (χ1n) is 5.26. The smallest absolute Gasteiger partial charge is 0.243 e. The normalized spacial score (nSPS) is 11.1. The monoisotopic (exact) mass is 344 g/mol. The van der Waals surface area contributed by atoms with Gasteiger partial charge in [0.15, 0.2) is 0 Å². The Kier molecular flexibility index (Phi) is 5.11. The number of nitrogens with zero attached hydrogens (tertiary/aromatic N) is 1. The lowest BCUT2D eigenvalue weighted by molar-refractivity contribution is -0.114. The molecule has 5 nitrogen and oxygen atoms in total. The molecule has 0 bridgehead atoms. The third-order valence-corrected chi connectivity index (χ3v) is 4.73. The van der Waals surface area contributed by atoms with E-state index in [9.17, 15) is 13.2 Å². The van der Waals surface area contributed by atoms with Crippen LogP contribution in [0.1, 0.15) is 6.92 Å². The maximum Gasteiger partial charge on any atom is 0.243 e. The van der Waals surface area contributed by atoms with Crippen LogP contribution in [0.3, 0.4) is 0 Å². The van der Waals surface area contributed by atoms with Crippen molar-refractivity contribution < 1.29 is 13.2 Å². The summed E-state index contributed by atoms with van der Waals surface area (Å²) < 4.78 is 25.8. The van der Waals surface area contributed by atoms with Crippen molar-refractivity contribution in [2.75, 3.05) is 18.9 Å². The topological polar surface area (TPSA) is 66.5 Å². The van der Waals surface area contributed by atoms with E-state index in [1.165, 1.54) is 32.2 Å². The number of terminal acetylenes is 1. The van der Waals surface area contributed by atoms with Crippen LogP contribution in [0, 0.1) is 12.3 Å². The minimum absolute atomic E-state index is 0.00655. The van der Waals surface area contributed by atoms with Crippen molar-refractivity contribution in [3.63, 3.8) is 0 Å². The molecule has 0 heterocycles. The van der Waals surface area contributed by atoms with Crippen molar-refractivity contribution in [3.8, 4) is 12.3 Å². The van der Waals surface area contributed by atoms with Gasteiger partial charge in [0.05, 0.1) is 17.1 Å². The molecule has 7 heteroatoms. The van der Waals surface area contributed by atoms with Gasteiger partial charge >= 0.3 is 0 Å². The van der Waals surface area contributed by atoms with Crippen LogP contribution in [0.5, 0.6) is 0 Å². The number of benzene rings is 1. The van der Waals surface area contributed by atoms with Crippen LogP contribution >= 0.6 is 15.9 Å². The predicted molar refractivity (Wildman–Crippen MR) is 77.1 cm³/mol. The maximum absolute atomic E-state index is 12.1. The first kappa shape index (κ1) is 15.7. The van der Waals surface area contributed by atoms with Crippen molar-refractivity contribution in [3.05, 3.63) is 22.7 Å². The zero-order valence-corrected chi connectivity index (χ0v) is 12.9. The average Bonchev–Trinajstić information content (AvgIpc) is 2.31. The lowest BCUT2D eigenvalue weighted by atomic mass is 10.3. The third-order valence-electron chi connectivity index (χ3n) is 2.27. The summed E-state index contributed by atoms with van der Waals surface area (Å²) in [6.07, 6.45) is 5.10. The Morgan fingerprint density at radius 2 is 2.16 bits per heavy atom. The largest absolute Gasteiger partial charge is 0.325 e.